The van der Waals surface area contributed by atoms with Crippen molar-refractivity contribution in [1.29, 1.82) is 0 Å². The fraction of sp³-hybridized carbons (Fsp3) is 0. The molecule has 4 heteroatoms. The number of rotatable bonds is 1. The summed E-state index contributed by atoms with van der Waals surface area (Å²) >= 11 is 6.82. The molecule has 2 rings (SSSR count). The minimum Gasteiger partial charge on any atom is -0.444 e. The summed E-state index contributed by atoms with van der Waals surface area (Å²) in [5.74, 6) is 0.619. The molecule has 0 fully saturated rings. The van der Waals surface area contributed by atoms with Gasteiger partial charge in [0.05, 0.1) is 11.8 Å². The van der Waals surface area contributed by atoms with Gasteiger partial charge in [-0.3, -0.25) is 0 Å². The molecule has 2 nitrogen and oxygen atoms in total. The van der Waals surface area contributed by atoms with Gasteiger partial charge in [0.25, 0.3) is 0 Å². The molecule has 0 amide bonds. The van der Waals surface area contributed by atoms with Crippen LogP contribution in [0.1, 0.15) is 0 Å². The summed E-state index contributed by atoms with van der Waals surface area (Å²) in [6, 6.07) is 5.86. The van der Waals surface area contributed by atoms with Crippen molar-refractivity contribution in [2.45, 2.75) is 0 Å². The summed E-state index contributed by atoms with van der Waals surface area (Å²) in [6.45, 7) is 0. The Bertz CT molecular complexity index is 412. The molecule has 0 aliphatic heterocycles. The lowest BCUT2D eigenvalue weighted by molar-refractivity contribution is 0.574. The predicted molar refractivity (Wildman–Crippen MR) is 57.3 cm³/mol. The van der Waals surface area contributed by atoms with E-state index in [-0.39, 0.29) is 0 Å². The Kier molecular flexibility index (Phi) is 2.51. The fourth-order valence-electron chi connectivity index (χ4n) is 1.02. The molecule has 1 aromatic carbocycles. The van der Waals surface area contributed by atoms with Crippen molar-refractivity contribution < 1.29 is 4.42 Å². The summed E-state index contributed by atoms with van der Waals surface area (Å²) in [5, 5.41) is 0. The normalized spacial score (nSPS) is 10.3. The van der Waals surface area contributed by atoms with Gasteiger partial charge in [0.2, 0.25) is 5.89 Å². The highest BCUT2D eigenvalue weighted by Gasteiger charge is 2.06. The van der Waals surface area contributed by atoms with Crippen LogP contribution < -0.4 is 0 Å². The average molecular weight is 303 g/mol. The van der Waals surface area contributed by atoms with E-state index in [1.165, 1.54) is 0 Å². The van der Waals surface area contributed by atoms with Gasteiger partial charge in [0.15, 0.2) is 0 Å². The number of hydrogen-bond donors (Lipinski definition) is 0. The molecule has 2 aromatic rings. The van der Waals surface area contributed by atoms with E-state index in [4.69, 9.17) is 4.42 Å². The summed E-state index contributed by atoms with van der Waals surface area (Å²) in [7, 11) is 0. The van der Waals surface area contributed by atoms with Gasteiger partial charge in [-0.15, -0.1) is 0 Å². The van der Waals surface area contributed by atoms with Crippen molar-refractivity contribution in [3.63, 3.8) is 0 Å². The lowest BCUT2D eigenvalue weighted by Gasteiger charge is -1.99. The van der Waals surface area contributed by atoms with Crippen LogP contribution in [0, 0.1) is 0 Å². The zero-order valence-electron chi connectivity index (χ0n) is 6.50. The van der Waals surface area contributed by atoms with Gasteiger partial charge in [-0.05, 0) is 34.1 Å². The van der Waals surface area contributed by atoms with Crippen molar-refractivity contribution in [3.8, 4) is 11.5 Å². The van der Waals surface area contributed by atoms with Crippen LogP contribution in [0.5, 0.6) is 0 Å². The smallest absolute Gasteiger partial charge is 0.227 e. The van der Waals surface area contributed by atoms with Gasteiger partial charge < -0.3 is 4.42 Å². The van der Waals surface area contributed by atoms with Crippen LogP contribution in [0.25, 0.3) is 11.5 Å². The lowest BCUT2D eigenvalue weighted by atomic mass is 10.2. The molecule has 13 heavy (non-hydrogen) atoms. The van der Waals surface area contributed by atoms with Crippen molar-refractivity contribution in [1.82, 2.24) is 4.98 Å². The molecule has 0 spiro atoms. The summed E-state index contributed by atoms with van der Waals surface area (Å²) in [4.78, 5) is 4.07. The third kappa shape index (κ3) is 1.84. The van der Waals surface area contributed by atoms with Gasteiger partial charge in [0, 0.05) is 8.95 Å². The maximum Gasteiger partial charge on any atom is 0.227 e. The molecule has 1 aromatic heterocycles. The molecule has 0 N–H and O–H groups in total. The first-order chi connectivity index (χ1) is 6.27. The van der Waals surface area contributed by atoms with E-state index in [2.05, 4.69) is 36.8 Å². The zero-order chi connectivity index (χ0) is 9.26. The highest BCUT2D eigenvalue weighted by atomic mass is 79.9. The Balaban J connectivity index is 2.57. The van der Waals surface area contributed by atoms with E-state index in [1.807, 2.05) is 18.2 Å². The van der Waals surface area contributed by atoms with Crippen LogP contribution in [-0.4, -0.2) is 4.98 Å². The van der Waals surface area contributed by atoms with Gasteiger partial charge in [-0.25, -0.2) is 4.98 Å². The number of oxazole rings is 1. The first kappa shape index (κ1) is 8.97. The molecule has 0 saturated carbocycles. The monoisotopic (exact) mass is 301 g/mol. The standard InChI is InChI=1S/C9H5Br2NO/c10-6-1-2-8(11)7(5-6)9-12-3-4-13-9/h1-5H. The summed E-state index contributed by atoms with van der Waals surface area (Å²) < 4.78 is 7.17. The molecule has 0 atom stereocenters. The van der Waals surface area contributed by atoms with Gasteiger partial charge in [0.1, 0.15) is 6.26 Å². The molecule has 0 unspecified atom stereocenters. The first-order valence-corrected chi connectivity index (χ1v) is 5.21. The number of nitrogens with zero attached hydrogens (tertiary/aromatic N) is 1. The Morgan fingerprint density at radius 1 is 1.23 bits per heavy atom. The fourth-order valence-corrected chi connectivity index (χ4v) is 1.80. The molecule has 66 valence electrons. The molecule has 1 heterocycles. The SMILES string of the molecule is Brc1ccc(Br)c(-c2ncco2)c1. The van der Waals surface area contributed by atoms with E-state index in [9.17, 15) is 0 Å². The maximum absolute atomic E-state index is 5.19. The molecule has 0 radical (unpaired) electrons. The van der Waals surface area contributed by atoms with Crippen LogP contribution in [0.15, 0.2) is 44.0 Å². The van der Waals surface area contributed by atoms with Crippen LogP contribution in [0.2, 0.25) is 0 Å². The Morgan fingerprint density at radius 2 is 2.08 bits per heavy atom. The Hall–Kier alpha value is -0.610. The highest BCUT2D eigenvalue weighted by Crippen LogP contribution is 2.29. The Labute approximate surface area is 92.2 Å². The van der Waals surface area contributed by atoms with E-state index >= 15 is 0 Å². The van der Waals surface area contributed by atoms with E-state index < -0.39 is 0 Å². The van der Waals surface area contributed by atoms with E-state index in [0.29, 0.717) is 5.89 Å². The molecule has 0 aliphatic carbocycles. The number of benzene rings is 1. The van der Waals surface area contributed by atoms with Gasteiger partial charge >= 0.3 is 0 Å². The van der Waals surface area contributed by atoms with Crippen molar-refractivity contribution in [2.24, 2.45) is 0 Å². The number of halogens is 2. The molecular formula is C9H5Br2NO. The average Bonchev–Trinajstić information content (AvgIpc) is 2.61. The molecular weight excluding hydrogens is 298 g/mol. The number of aromatic nitrogens is 1. The van der Waals surface area contributed by atoms with Crippen molar-refractivity contribution in [3.05, 3.63) is 39.6 Å². The van der Waals surface area contributed by atoms with Gasteiger partial charge in [-0.1, -0.05) is 15.9 Å². The Morgan fingerprint density at radius 3 is 2.77 bits per heavy atom. The first-order valence-electron chi connectivity index (χ1n) is 3.62. The second-order valence-electron chi connectivity index (χ2n) is 2.46. The largest absolute Gasteiger partial charge is 0.444 e. The second kappa shape index (κ2) is 3.64. The second-order valence-corrected chi connectivity index (χ2v) is 4.23. The van der Waals surface area contributed by atoms with Crippen LogP contribution in [0.3, 0.4) is 0 Å². The number of hydrogen-bond acceptors (Lipinski definition) is 2. The van der Waals surface area contributed by atoms with Gasteiger partial charge in [-0.2, -0.15) is 0 Å². The predicted octanol–water partition coefficient (Wildman–Crippen LogP) is 3.87. The highest BCUT2D eigenvalue weighted by molar-refractivity contribution is 9.11. The topological polar surface area (TPSA) is 26.0 Å². The minimum atomic E-state index is 0.619. The summed E-state index contributed by atoms with van der Waals surface area (Å²) in [6.07, 6.45) is 3.19. The third-order valence-corrected chi connectivity index (χ3v) is 2.78. The van der Waals surface area contributed by atoms with Crippen molar-refractivity contribution >= 4 is 31.9 Å². The quantitative estimate of drug-likeness (QED) is 0.799. The summed E-state index contributed by atoms with van der Waals surface area (Å²) in [5.41, 5.74) is 0.944. The van der Waals surface area contributed by atoms with E-state index in [1.54, 1.807) is 12.5 Å². The lowest BCUT2D eigenvalue weighted by Crippen LogP contribution is -1.79. The molecule has 0 aliphatic rings. The molecule has 0 saturated heterocycles. The van der Waals surface area contributed by atoms with Crippen molar-refractivity contribution in [2.75, 3.05) is 0 Å². The van der Waals surface area contributed by atoms with E-state index in [0.717, 1.165) is 14.5 Å². The minimum absolute atomic E-state index is 0.619. The zero-order valence-corrected chi connectivity index (χ0v) is 9.67. The molecule has 0 bridgehead atoms. The van der Waals surface area contributed by atoms with Crippen LogP contribution in [0.4, 0.5) is 0 Å². The maximum atomic E-state index is 5.19. The van der Waals surface area contributed by atoms with Crippen LogP contribution >= 0.6 is 31.9 Å². The third-order valence-electron chi connectivity index (χ3n) is 1.59. The van der Waals surface area contributed by atoms with Crippen LogP contribution in [-0.2, 0) is 0 Å².